The molecule has 0 aliphatic carbocycles. The second kappa shape index (κ2) is 4.11. The van der Waals surface area contributed by atoms with Crippen molar-refractivity contribution < 1.29 is 4.79 Å². The first-order valence-electron chi connectivity index (χ1n) is 4.18. The average molecular weight is 321 g/mol. The highest BCUT2D eigenvalue weighted by atomic mass is 79.9. The van der Waals surface area contributed by atoms with Crippen molar-refractivity contribution >= 4 is 37.6 Å². The van der Waals surface area contributed by atoms with E-state index in [1.807, 2.05) is 20.8 Å². The van der Waals surface area contributed by atoms with Crippen molar-refractivity contribution in [3.05, 3.63) is 26.9 Å². The molecular formula is C10H11Br2NO. The second-order valence-corrected chi connectivity index (χ2v) is 5.71. The number of Topliss-reactive ketones (excluding diaryl/α,β-unsaturated/α-hetero) is 1. The Morgan fingerprint density at radius 2 is 1.64 bits per heavy atom. The van der Waals surface area contributed by atoms with E-state index in [1.165, 1.54) is 0 Å². The monoisotopic (exact) mass is 319 g/mol. The lowest BCUT2D eigenvalue weighted by molar-refractivity contribution is 0.0858. The van der Waals surface area contributed by atoms with E-state index in [0.29, 0.717) is 14.8 Å². The Morgan fingerprint density at radius 1 is 1.21 bits per heavy atom. The normalized spacial score (nSPS) is 11.5. The number of rotatable bonds is 1. The van der Waals surface area contributed by atoms with Crippen LogP contribution in [0.3, 0.4) is 0 Å². The third kappa shape index (κ3) is 2.89. The van der Waals surface area contributed by atoms with Crippen molar-refractivity contribution in [3.63, 3.8) is 0 Å². The fourth-order valence-electron chi connectivity index (χ4n) is 1.03. The molecule has 0 N–H and O–H groups in total. The van der Waals surface area contributed by atoms with Crippen LogP contribution in [0, 0.1) is 5.41 Å². The standard InChI is InChI=1S/C10H11Br2NO/c1-10(2,3)9(14)6-4-7(11)13-8(12)5-6/h4-5H,1-3H3. The Labute approximate surface area is 100 Å². The predicted octanol–water partition coefficient (Wildman–Crippen LogP) is 3.84. The number of carbonyl (C=O) groups is 1. The van der Waals surface area contributed by atoms with Crippen LogP contribution in [0.2, 0.25) is 0 Å². The van der Waals surface area contributed by atoms with E-state index in [0.717, 1.165) is 0 Å². The van der Waals surface area contributed by atoms with Crippen LogP contribution in [0.25, 0.3) is 0 Å². The molecule has 0 atom stereocenters. The second-order valence-electron chi connectivity index (χ2n) is 4.08. The minimum atomic E-state index is -0.361. The van der Waals surface area contributed by atoms with E-state index < -0.39 is 0 Å². The molecule has 0 saturated heterocycles. The lowest BCUT2D eigenvalue weighted by Crippen LogP contribution is -2.20. The van der Waals surface area contributed by atoms with Gasteiger partial charge in [-0.25, -0.2) is 4.98 Å². The van der Waals surface area contributed by atoms with Gasteiger partial charge in [0.1, 0.15) is 9.21 Å². The smallest absolute Gasteiger partial charge is 0.168 e. The number of aromatic nitrogens is 1. The number of hydrogen-bond acceptors (Lipinski definition) is 2. The van der Waals surface area contributed by atoms with Gasteiger partial charge < -0.3 is 0 Å². The molecule has 76 valence electrons. The lowest BCUT2D eigenvalue weighted by atomic mass is 9.87. The summed E-state index contributed by atoms with van der Waals surface area (Å²) in [6.07, 6.45) is 0. The van der Waals surface area contributed by atoms with Crippen molar-refractivity contribution in [2.45, 2.75) is 20.8 Å². The zero-order valence-corrected chi connectivity index (χ0v) is 11.4. The number of carbonyl (C=O) groups excluding carboxylic acids is 1. The van der Waals surface area contributed by atoms with Crippen LogP contribution in [0.5, 0.6) is 0 Å². The summed E-state index contributed by atoms with van der Waals surface area (Å²) in [6.45, 7) is 5.70. The van der Waals surface area contributed by atoms with Gasteiger partial charge in [-0.15, -0.1) is 0 Å². The summed E-state index contributed by atoms with van der Waals surface area (Å²) in [5, 5.41) is 0. The highest BCUT2D eigenvalue weighted by Gasteiger charge is 2.23. The number of pyridine rings is 1. The summed E-state index contributed by atoms with van der Waals surface area (Å²) in [6, 6.07) is 3.47. The molecule has 14 heavy (non-hydrogen) atoms. The zero-order valence-electron chi connectivity index (χ0n) is 8.27. The molecule has 0 aliphatic rings. The third-order valence-electron chi connectivity index (χ3n) is 1.71. The Bertz CT molecular complexity index is 349. The molecule has 0 amide bonds. The molecule has 0 bridgehead atoms. The Balaban J connectivity index is 3.14. The van der Waals surface area contributed by atoms with Crippen LogP contribution in [0.1, 0.15) is 31.1 Å². The van der Waals surface area contributed by atoms with E-state index in [2.05, 4.69) is 36.8 Å². The summed E-state index contributed by atoms with van der Waals surface area (Å²) in [5.41, 5.74) is 0.312. The summed E-state index contributed by atoms with van der Waals surface area (Å²) in [7, 11) is 0. The summed E-state index contributed by atoms with van der Waals surface area (Å²) >= 11 is 6.51. The molecule has 0 aliphatic heterocycles. The molecule has 0 unspecified atom stereocenters. The summed E-state index contributed by atoms with van der Waals surface area (Å²) in [5.74, 6) is 0.112. The van der Waals surface area contributed by atoms with Crippen molar-refractivity contribution in [1.29, 1.82) is 0 Å². The molecular weight excluding hydrogens is 310 g/mol. The molecule has 0 radical (unpaired) electrons. The van der Waals surface area contributed by atoms with Gasteiger partial charge in [-0.05, 0) is 44.0 Å². The van der Waals surface area contributed by atoms with E-state index in [-0.39, 0.29) is 11.2 Å². The molecule has 0 spiro atoms. The topological polar surface area (TPSA) is 30.0 Å². The molecule has 0 aromatic carbocycles. The first-order valence-corrected chi connectivity index (χ1v) is 5.77. The van der Waals surface area contributed by atoms with E-state index >= 15 is 0 Å². The molecule has 4 heteroatoms. The molecule has 1 aromatic heterocycles. The van der Waals surface area contributed by atoms with Crippen molar-refractivity contribution in [2.75, 3.05) is 0 Å². The SMILES string of the molecule is CC(C)(C)C(=O)c1cc(Br)nc(Br)c1. The molecule has 0 fully saturated rings. The van der Waals surface area contributed by atoms with Gasteiger partial charge in [0.15, 0.2) is 5.78 Å². The van der Waals surface area contributed by atoms with Crippen molar-refractivity contribution in [1.82, 2.24) is 4.98 Å². The zero-order chi connectivity index (χ0) is 10.9. The van der Waals surface area contributed by atoms with Gasteiger partial charge in [-0.3, -0.25) is 4.79 Å². The number of halogens is 2. The maximum atomic E-state index is 11.9. The minimum absolute atomic E-state index is 0.112. The fraction of sp³-hybridized carbons (Fsp3) is 0.400. The van der Waals surface area contributed by atoms with Crippen LogP contribution in [0.15, 0.2) is 21.3 Å². The maximum Gasteiger partial charge on any atom is 0.168 e. The average Bonchev–Trinajstić information content (AvgIpc) is 1.99. The molecule has 2 nitrogen and oxygen atoms in total. The van der Waals surface area contributed by atoms with E-state index in [4.69, 9.17) is 0 Å². The largest absolute Gasteiger partial charge is 0.294 e. The predicted molar refractivity (Wildman–Crippen MR) is 63.4 cm³/mol. The third-order valence-corrected chi connectivity index (χ3v) is 2.52. The maximum absolute atomic E-state index is 11.9. The van der Waals surface area contributed by atoms with Gasteiger partial charge in [0.2, 0.25) is 0 Å². The highest BCUT2D eigenvalue weighted by Crippen LogP contribution is 2.24. The van der Waals surface area contributed by atoms with Crippen LogP contribution in [-0.2, 0) is 0 Å². The van der Waals surface area contributed by atoms with Gasteiger partial charge >= 0.3 is 0 Å². The first kappa shape index (κ1) is 11.9. The summed E-state index contributed by atoms with van der Waals surface area (Å²) in [4.78, 5) is 16.0. The van der Waals surface area contributed by atoms with Gasteiger partial charge in [0, 0.05) is 11.0 Å². The van der Waals surface area contributed by atoms with Gasteiger partial charge in [-0.2, -0.15) is 0 Å². The van der Waals surface area contributed by atoms with Crippen LogP contribution < -0.4 is 0 Å². The van der Waals surface area contributed by atoms with Crippen molar-refractivity contribution in [2.24, 2.45) is 5.41 Å². The summed E-state index contributed by atoms with van der Waals surface area (Å²) < 4.78 is 1.33. The highest BCUT2D eigenvalue weighted by molar-refractivity contribution is 9.11. The molecule has 0 saturated carbocycles. The van der Waals surface area contributed by atoms with Crippen LogP contribution in [0.4, 0.5) is 0 Å². The minimum Gasteiger partial charge on any atom is -0.294 e. The lowest BCUT2D eigenvalue weighted by Gasteiger charge is -2.16. The van der Waals surface area contributed by atoms with Gasteiger partial charge in [-0.1, -0.05) is 20.8 Å². The van der Waals surface area contributed by atoms with E-state index in [9.17, 15) is 4.79 Å². The number of hydrogen-bond donors (Lipinski definition) is 0. The quantitative estimate of drug-likeness (QED) is 0.581. The fourth-order valence-corrected chi connectivity index (χ4v) is 2.14. The van der Waals surface area contributed by atoms with Crippen LogP contribution in [-0.4, -0.2) is 10.8 Å². The number of ketones is 1. The number of nitrogens with zero attached hydrogens (tertiary/aromatic N) is 1. The van der Waals surface area contributed by atoms with Crippen LogP contribution >= 0.6 is 31.9 Å². The van der Waals surface area contributed by atoms with Crippen molar-refractivity contribution in [3.8, 4) is 0 Å². The molecule has 1 rings (SSSR count). The molecule has 1 aromatic rings. The Morgan fingerprint density at radius 3 is 2.00 bits per heavy atom. The van der Waals surface area contributed by atoms with E-state index in [1.54, 1.807) is 12.1 Å². The Hall–Kier alpha value is -0.220. The Kier molecular flexibility index (Phi) is 3.48. The van der Waals surface area contributed by atoms with Gasteiger partial charge in [0.25, 0.3) is 0 Å². The molecule has 1 heterocycles. The van der Waals surface area contributed by atoms with Gasteiger partial charge in [0.05, 0.1) is 0 Å². The first-order chi connectivity index (χ1) is 6.30.